The first kappa shape index (κ1) is 101. The molecule has 0 aliphatic carbocycles. The molecule has 0 spiro atoms. The molecule has 0 aromatic rings. The molecule has 25 heavy (non-hydrogen) atoms. The van der Waals surface area contributed by atoms with Gasteiger partial charge in [-0.15, -0.1) is 6.92 Å². The molecule has 0 unspecified atom stereocenters. The number of aliphatic hydroxyl groups excluding tert-OH is 1. The quantitative estimate of drug-likeness (QED) is 0.195. The van der Waals surface area contributed by atoms with Crippen molar-refractivity contribution in [1.82, 2.24) is 0 Å². The zero-order valence-electron chi connectivity index (χ0n) is 11.9. The number of aliphatic hydroxyl groups is 1. The van der Waals surface area contributed by atoms with Crippen molar-refractivity contribution < 1.29 is 328 Å². The second-order valence-corrected chi connectivity index (χ2v) is 1.33. The van der Waals surface area contributed by atoms with Crippen molar-refractivity contribution in [2.75, 3.05) is 0 Å². The SMILES string of the molecule is C[C-]=C(O)C([C-]=O)=[C-]C.[W].[W].[W].[W].[W].[W].[W].[W].[W].[W].[W].[W].[W]=[W].[W]=[W]. The second kappa shape index (κ2) is 103. The summed E-state index contributed by atoms with van der Waals surface area (Å²) in [6.07, 6.45) is 6.33. The third-order valence-electron chi connectivity index (χ3n) is 0.826. The predicted molar refractivity (Wildman–Crippen MR) is 33.2 cm³/mol. The molecule has 0 aromatic heterocycles. The minimum absolute atomic E-state index is 0. The second-order valence-electron chi connectivity index (χ2n) is 1.33. The third kappa shape index (κ3) is 87.1. The molecule has 0 rings (SSSR count). The summed E-state index contributed by atoms with van der Waals surface area (Å²) in [6.45, 7) is 3.03. The van der Waals surface area contributed by atoms with Gasteiger partial charge in [0.25, 0.3) is 0 Å². The summed E-state index contributed by atoms with van der Waals surface area (Å²) < 4.78 is 0. The topological polar surface area (TPSA) is 37.3 Å². The van der Waals surface area contributed by atoms with Crippen LogP contribution in [0, 0.1) is 12.2 Å². The van der Waals surface area contributed by atoms with E-state index in [0.717, 1.165) is 0 Å². The van der Waals surface area contributed by atoms with Gasteiger partial charge in [-0.05, 0) is 0 Å². The van der Waals surface area contributed by atoms with Crippen molar-refractivity contribution >= 4 is 6.29 Å². The minimum atomic E-state index is -0.201. The molecule has 2 nitrogen and oxygen atoms in total. The van der Waals surface area contributed by atoms with Crippen LogP contribution in [0.2, 0.25) is 0 Å². The molecule has 0 bridgehead atoms. The van der Waals surface area contributed by atoms with E-state index in [0.29, 0.717) is 0 Å². The molecule has 0 aliphatic heterocycles. The summed E-state index contributed by atoms with van der Waals surface area (Å²) in [5.74, 6) is -0.201. The maximum absolute atomic E-state index is 9.89. The predicted octanol–water partition coefficient (Wildman–Crippen LogP) is 1.07. The van der Waals surface area contributed by atoms with Crippen LogP contribution in [0.5, 0.6) is 0 Å². The van der Waals surface area contributed by atoms with Crippen molar-refractivity contribution in [1.29, 1.82) is 0 Å². The Bertz CT molecular complexity index is 199. The van der Waals surface area contributed by atoms with Gasteiger partial charge in [-0.25, -0.2) is 6.29 Å². The first-order valence-corrected chi connectivity index (χ1v) is 24.8. The Morgan fingerprint density at radius 2 is 0.800 bits per heavy atom. The Kier molecular flexibility index (Phi) is 415. The molecule has 0 heterocycles. The first-order valence-electron chi connectivity index (χ1n) is 2.76. The van der Waals surface area contributed by atoms with Gasteiger partial charge in [0.05, 0.1) is 0 Å². The van der Waals surface area contributed by atoms with Gasteiger partial charge >= 0.3 is 64.9 Å². The molecule has 0 saturated heterocycles. The normalized spacial score (nSPS) is 5.20. The molecular formula is C7H7O2W16-3. The van der Waals surface area contributed by atoms with Crippen molar-refractivity contribution in [3.63, 3.8) is 0 Å². The Hall–Kier alpha value is 9.96. The molecule has 18 heteroatoms. The van der Waals surface area contributed by atoms with E-state index >= 15 is 0 Å². The Balaban J connectivity index is -0.00000000452. The van der Waals surface area contributed by atoms with Gasteiger partial charge in [-0.1, -0.05) is 0 Å². The number of allylic oxidation sites excluding steroid dienone is 3. The summed E-state index contributed by atoms with van der Waals surface area (Å²) in [5, 5.41) is 8.76. The van der Waals surface area contributed by atoms with Crippen LogP contribution in [0.15, 0.2) is 11.3 Å². The molecule has 146 valence electrons. The van der Waals surface area contributed by atoms with Gasteiger partial charge in [0.15, 0.2) is 0 Å². The van der Waals surface area contributed by atoms with Gasteiger partial charge < -0.3 is 27.6 Å². The summed E-state index contributed by atoms with van der Waals surface area (Å²) in [7, 11) is 0. The number of hydrogen-bond donors (Lipinski definition) is 1. The fourth-order valence-corrected chi connectivity index (χ4v) is 0.343. The van der Waals surface area contributed by atoms with Crippen LogP contribution >= 0.6 is 0 Å². The summed E-state index contributed by atoms with van der Waals surface area (Å²) in [6, 6.07) is 0. The number of hydrogen-bond acceptors (Lipinski definition) is 2. The van der Waals surface area contributed by atoms with Crippen LogP contribution in [-0.2, 0) is 322 Å². The van der Waals surface area contributed by atoms with E-state index in [1.54, 1.807) is 64.9 Å². The van der Waals surface area contributed by atoms with Crippen LogP contribution < -0.4 is 0 Å². The van der Waals surface area contributed by atoms with Gasteiger partial charge in [-0.3, -0.25) is 5.76 Å². The van der Waals surface area contributed by atoms with Crippen molar-refractivity contribution in [2.24, 2.45) is 0 Å². The van der Waals surface area contributed by atoms with E-state index in [4.69, 9.17) is 5.11 Å². The average molecular weight is 3060 g/mol. The standard InChI is InChI=1S/C7H7O2.16W/c1-3-6(5-8)7(9)4-2;;;;;;;;;;;;;;;;/h9H,1-2H3;;;;;;;;;;;;;;;;/q-3;;;;;;;;;;;;;;;;. The van der Waals surface area contributed by atoms with Crippen LogP contribution in [0.4, 0.5) is 0 Å². The fraction of sp³-hybridized carbons (Fsp3) is 0.286. The van der Waals surface area contributed by atoms with Gasteiger partial charge in [0.2, 0.25) is 0 Å². The van der Waals surface area contributed by atoms with Crippen LogP contribution in [0.25, 0.3) is 0 Å². The first-order chi connectivity index (χ1) is 6.26. The van der Waals surface area contributed by atoms with Gasteiger partial charge in [0, 0.05) is 253 Å². The Morgan fingerprint density at radius 1 is 0.600 bits per heavy atom. The maximum atomic E-state index is 9.89. The van der Waals surface area contributed by atoms with Crippen LogP contribution in [0.3, 0.4) is 0 Å². The van der Waals surface area contributed by atoms with Gasteiger partial charge in [0.1, 0.15) is 0 Å². The molecule has 0 amide bonds. The molecule has 0 saturated carbocycles. The van der Waals surface area contributed by atoms with Gasteiger partial charge in [-0.2, -0.15) is 6.92 Å². The third-order valence-corrected chi connectivity index (χ3v) is 0.826. The zero-order valence-corrected chi connectivity index (χ0v) is 58.8. The molecule has 0 radical (unpaired) electrons. The molecule has 1 N–H and O–H groups in total. The van der Waals surface area contributed by atoms with E-state index < -0.39 is 0 Å². The molecule has 0 aromatic carbocycles. The number of carbonyl (C=O) groups excluding carboxylic acids is 1. The molecule has 0 atom stereocenters. The summed E-state index contributed by atoms with van der Waals surface area (Å²) in [5.41, 5.74) is 0.0255. The monoisotopic (exact) mass is 3070 g/mol. The summed E-state index contributed by atoms with van der Waals surface area (Å²) in [4.78, 5) is 9.89. The molecule has 0 fully saturated rings. The van der Waals surface area contributed by atoms with Crippen molar-refractivity contribution in [3.05, 3.63) is 23.5 Å². The Morgan fingerprint density at radius 3 is 0.840 bits per heavy atom. The molecular weight excluding hydrogens is 3060 g/mol. The van der Waals surface area contributed by atoms with Crippen LogP contribution in [0.1, 0.15) is 13.8 Å². The fourth-order valence-electron chi connectivity index (χ4n) is 0.343. The van der Waals surface area contributed by atoms with Crippen molar-refractivity contribution in [2.45, 2.75) is 13.8 Å². The van der Waals surface area contributed by atoms with E-state index in [2.05, 4.69) is 12.2 Å². The van der Waals surface area contributed by atoms with Crippen LogP contribution in [-0.4, -0.2) is 11.4 Å². The summed E-state index contributed by atoms with van der Waals surface area (Å²) >= 11 is 6.67. The van der Waals surface area contributed by atoms with E-state index in [9.17, 15) is 4.79 Å². The molecule has 0 aliphatic rings. The average Bonchev–Trinajstić information content (AvgIpc) is 2.25. The van der Waals surface area contributed by atoms with E-state index in [-0.39, 0.29) is 264 Å². The number of rotatable bonds is 2. The zero-order chi connectivity index (χ0) is 11.3. The van der Waals surface area contributed by atoms with Crippen molar-refractivity contribution in [3.8, 4) is 0 Å². The van der Waals surface area contributed by atoms with E-state index in [1.807, 2.05) is 0 Å². The Labute approximate surface area is 361 Å². The van der Waals surface area contributed by atoms with E-state index in [1.165, 1.54) is 20.1 Å².